The standard InChI is InChI=1S/C14H19N.2C2H6/c1-5-8-10-12(4)14(15)13(7-3)11-9-6-2;2*1-2/h5-11,14H,1-2,4,15H2,3H3;2*1-2H3/b10-8-,11-9-,13-7+;;. The normalized spacial score (nSPS) is 12.0. The van der Waals surface area contributed by atoms with Gasteiger partial charge in [-0.3, -0.25) is 0 Å². The molecule has 0 amide bonds. The Morgan fingerprint density at radius 1 is 0.947 bits per heavy atom. The van der Waals surface area contributed by atoms with Gasteiger partial charge in [0.1, 0.15) is 0 Å². The van der Waals surface area contributed by atoms with E-state index in [1.165, 1.54) is 0 Å². The maximum Gasteiger partial charge on any atom is 0.0542 e. The number of hydrogen-bond donors (Lipinski definition) is 1. The molecule has 0 radical (unpaired) electrons. The number of hydrogen-bond acceptors (Lipinski definition) is 1. The van der Waals surface area contributed by atoms with Crippen LogP contribution in [0.2, 0.25) is 0 Å². The molecule has 0 aromatic heterocycles. The second kappa shape index (κ2) is 18.8. The van der Waals surface area contributed by atoms with Crippen LogP contribution in [0.15, 0.2) is 73.4 Å². The van der Waals surface area contributed by atoms with Crippen LogP contribution in [0.3, 0.4) is 0 Å². The Bertz CT molecular complexity index is 317. The number of allylic oxidation sites excluding steroid dienone is 5. The smallest absolute Gasteiger partial charge is 0.0542 e. The average Bonchev–Trinajstić information content (AvgIpc) is 2.49. The summed E-state index contributed by atoms with van der Waals surface area (Å²) in [6.45, 7) is 21.1. The van der Waals surface area contributed by atoms with Gasteiger partial charge >= 0.3 is 0 Å². The Balaban J connectivity index is -0.000000579. The van der Waals surface area contributed by atoms with Crippen LogP contribution in [-0.2, 0) is 0 Å². The Kier molecular flexibility index (Phi) is 22.3. The van der Waals surface area contributed by atoms with Crippen molar-refractivity contribution in [3.63, 3.8) is 0 Å². The van der Waals surface area contributed by atoms with Gasteiger partial charge < -0.3 is 5.73 Å². The summed E-state index contributed by atoms with van der Waals surface area (Å²) in [4.78, 5) is 0. The van der Waals surface area contributed by atoms with Crippen molar-refractivity contribution in [3.05, 3.63) is 73.4 Å². The zero-order chi connectivity index (χ0) is 15.7. The lowest BCUT2D eigenvalue weighted by Gasteiger charge is -2.12. The molecule has 0 aliphatic rings. The highest BCUT2D eigenvalue weighted by molar-refractivity contribution is 5.38. The lowest BCUT2D eigenvalue weighted by molar-refractivity contribution is 0.938. The van der Waals surface area contributed by atoms with E-state index in [0.717, 1.165) is 11.1 Å². The van der Waals surface area contributed by atoms with Gasteiger partial charge in [-0.15, -0.1) is 0 Å². The Morgan fingerprint density at radius 3 is 1.74 bits per heavy atom. The SMILES string of the molecule is C=C/C=C\C(=C)C(N)C(/C=C\C=C)=C/C.CC.CC. The quantitative estimate of drug-likeness (QED) is 0.640. The van der Waals surface area contributed by atoms with Crippen molar-refractivity contribution in [2.75, 3.05) is 0 Å². The van der Waals surface area contributed by atoms with Crippen LogP contribution in [0.1, 0.15) is 34.6 Å². The van der Waals surface area contributed by atoms with Gasteiger partial charge in [-0.2, -0.15) is 0 Å². The van der Waals surface area contributed by atoms with E-state index in [1.807, 2.05) is 65.0 Å². The zero-order valence-electron chi connectivity index (χ0n) is 13.3. The first-order valence-electron chi connectivity index (χ1n) is 6.86. The second-order valence-electron chi connectivity index (χ2n) is 3.03. The summed E-state index contributed by atoms with van der Waals surface area (Å²) >= 11 is 0. The van der Waals surface area contributed by atoms with E-state index in [0.29, 0.717) is 0 Å². The van der Waals surface area contributed by atoms with E-state index in [2.05, 4.69) is 19.7 Å². The van der Waals surface area contributed by atoms with E-state index in [9.17, 15) is 0 Å². The molecule has 0 saturated heterocycles. The molecule has 1 atom stereocenters. The van der Waals surface area contributed by atoms with Crippen molar-refractivity contribution in [3.8, 4) is 0 Å². The molecule has 0 rings (SSSR count). The number of nitrogens with two attached hydrogens (primary N) is 1. The highest BCUT2D eigenvalue weighted by Crippen LogP contribution is 2.11. The van der Waals surface area contributed by atoms with E-state index >= 15 is 0 Å². The Morgan fingerprint density at radius 2 is 1.37 bits per heavy atom. The first kappa shape index (κ1) is 22.6. The van der Waals surface area contributed by atoms with Crippen molar-refractivity contribution in [1.29, 1.82) is 0 Å². The van der Waals surface area contributed by atoms with Crippen molar-refractivity contribution in [2.45, 2.75) is 40.7 Å². The van der Waals surface area contributed by atoms with Crippen LogP contribution < -0.4 is 5.73 Å². The van der Waals surface area contributed by atoms with Crippen molar-refractivity contribution in [1.82, 2.24) is 0 Å². The maximum atomic E-state index is 6.01. The largest absolute Gasteiger partial charge is 0.320 e. The van der Waals surface area contributed by atoms with E-state index in [-0.39, 0.29) is 6.04 Å². The van der Waals surface area contributed by atoms with E-state index in [4.69, 9.17) is 5.73 Å². The second-order valence-corrected chi connectivity index (χ2v) is 3.03. The fraction of sp³-hybridized carbons (Fsp3) is 0.333. The molecule has 19 heavy (non-hydrogen) atoms. The molecule has 2 N–H and O–H groups in total. The van der Waals surface area contributed by atoms with Crippen LogP contribution in [0.4, 0.5) is 0 Å². The summed E-state index contributed by atoms with van der Waals surface area (Å²) in [6.07, 6.45) is 12.9. The Labute approximate surface area is 120 Å². The highest BCUT2D eigenvalue weighted by atomic mass is 14.6. The topological polar surface area (TPSA) is 26.0 Å². The fourth-order valence-corrected chi connectivity index (χ4v) is 1.07. The van der Waals surface area contributed by atoms with Crippen LogP contribution in [0.5, 0.6) is 0 Å². The summed E-state index contributed by atoms with van der Waals surface area (Å²) in [5, 5.41) is 0. The zero-order valence-corrected chi connectivity index (χ0v) is 13.3. The predicted molar refractivity (Wildman–Crippen MR) is 92.2 cm³/mol. The molecule has 108 valence electrons. The summed E-state index contributed by atoms with van der Waals surface area (Å²) in [6, 6.07) is -0.178. The minimum Gasteiger partial charge on any atom is -0.320 e. The molecular formula is C18H31N. The van der Waals surface area contributed by atoms with Gasteiger partial charge in [-0.1, -0.05) is 90.0 Å². The molecule has 0 heterocycles. The number of rotatable bonds is 6. The van der Waals surface area contributed by atoms with Gasteiger partial charge in [-0.05, 0) is 18.1 Å². The molecule has 0 aliphatic heterocycles. The summed E-state index contributed by atoms with van der Waals surface area (Å²) in [7, 11) is 0. The monoisotopic (exact) mass is 261 g/mol. The van der Waals surface area contributed by atoms with Gasteiger partial charge in [-0.25, -0.2) is 0 Å². The molecule has 0 spiro atoms. The first-order valence-corrected chi connectivity index (χ1v) is 6.86. The molecule has 0 bridgehead atoms. The van der Waals surface area contributed by atoms with Gasteiger partial charge in [0.05, 0.1) is 6.04 Å². The van der Waals surface area contributed by atoms with E-state index < -0.39 is 0 Å². The van der Waals surface area contributed by atoms with Crippen LogP contribution in [0.25, 0.3) is 0 Å². The predicted octanol–water partition coefficient (Wildman–Crippen LogP) is 5.35. The third-order valence-electron chi connectivity index (χ3n) is 1.96. The van der Waals surface area contributed by atoms with Gasteiger partial charge in [0.2, 0.25) is 0 Å². The van der Waals surface area contributed by atoms with Crippen molar-refractivity contribution in [2.24, 2.45) is 5.73 Å². The van der Waals surface area contributed by atoms with Gasteiger partial charge in [0.25, 0.3) is 0 Å². The Hall–Kier alpha value is -1.60. The highest BCUT2D eigenvalue weighted by Gasteiger charge is 2.06. The van der Waals surface area contributed by atoms with Crippen LogP contribution >= 0.6 is 0 Å². The van der Waals surface area contributed by atoms with Gasteiger partial charge in [0.15, 0.2) is 0 Å². The minimum absolute atomic E-state index is 0.178. The lowest BCUT2D eigenvalue weighted by atomic mass is 9.99. The summed E-state index contributed by atoms with van der Waals surface area (Å²) in [5.41, 5.74) is 7.89. The first-order chi connectivity index (χ1) is 9.17. The molecule has 1 heteroatoms. The molecule has 0 fully saturated rings. The van der Waals surface area contributed by atoms with Crippen molar-refractivity contribution < 1.29 is 0 Å². The maximum absolute atomic E-state index is 6.01. The van der Waals surface area contributed by atoms with Crippen molar-refractivity contribution >= 4 is 0 Å². The molecule has 0 saturated carbocycles. The molecule has 1 unspecified atom stereocenters. The average molecular weight is 261 g/mol. The van der Waals surface area contributed by atoms with Crippen LogP contribution in [0, 0.1) is 0 Å². The molecule has 0 aromatic carbocycles. The summed E-state index contributed by atoms with van der Waals surface area (Å²) in [5.74, 6) is 0. The summed E-state index contributed by atoms with van der Waals surface area (Å²) < 4.78 is 0. The molecule has 0 aliphatic carbocycles. The fourth-order valence-electron chi connectivity index (χ4n) is 1.07. The van der Waals surface area contributed by atoms with Gasteiger partial charge in [0, 0.05) is 0 Å². The molecule has 1 nitrogen and oxygen atoms in total. The third kappa shape index (κ3) is 12.6. The molecular weight excluding hydrogens is 230 g/mol. The van der Waals surface area contributed by atoms with Crippen LogP contribution in [-0.4, -0.2) is 6.04 Å². The lowest BCUT2D eigenvalue weighted by Crippen LogP contribution is -2.23. The molecule has 0 aromatic rings. The van der Waals surface area contributed by atoms with E-state index in [1.54, 1.807) is 12.2 Å². The minimum atomic E-state index is -0.178. The third-order valence-corrected chi connectivity index (χ3v) is 1.96.